The minimum atomic E-state index is -0.737. The molecule has 8 nitrogen and oxygen atoms in total. The van der Waals surface area contributed by atoms with E-state index in [1.807, 2.05) is 4.90 Å². The van der Waals surface area contributed by atoms with Crippen molar-refractivity contribution in [2.75, 3.05) is 36.9 Å². The lowest BCUT2D eigenvalue weighted by Gasteiger charge is -2.25. The first-order valence-electron chi connectivity index (χ1n) is 4.53. The number of anilines is 2. The zero-order valence-electron chi connectivity index (χ0n) is 8.09. The van der Waals surface area contributed by atoms with Gasteiger partial charge in [0.25, 0.3) is 0 Å². The van der Waals surface area contributed by atoms with Crippen molar-refractivity contribution >= 4 is 17.9 Å². The van der Waals surface area contributed by atoms with Crippen molar-refractivity contribution in [2.24, 2.45) is 5.73 Å². The molecule has 1 aromatic heterocycles. The Morgan fingerprint density at radius 2 is 2.07 bits per heavy atom. The smallest absolute Gasteiger partial charge is 0.342 e. The van der Waals surface area contributed by atoms with Crippen LogP contribution in [-0.4, -0.2) is 47.1 Å². The molecule has 0 atom stereocenters. The molecule has 2 heterocycles. The van der Waals surface area contributed by atoms with Crippen LogP contribution in [0.1, 0.15) is 0 Å². The van der Waals surface area contributed by atoms with E-state index < -0.39 is 6.03 Å². The molecular formula is C7H12N6O2. The molecule has 4 N–H and O–H groups in total. The molecule has 1 amide bonds. The molecule has 0 aliphatic carbocycles. The summed E-state index contributed by atoms with van der Waals surface area (Å²) in [5.41, 5.74) is 10.5. The number of carbonyl (C=O) groups excluding carboxylic acids is 1. The molecule has 15 heavy (non-hydrogen) atoms. The number of ether oxygens (including phenoxy) is 1. The van der Waals surface area contributed by atoms with Gasteiger partial charge in [0.1, 0.15) is 0 Å². The van der Waals surface area contributed by atoms with E-state index in [9.17, 15) is 4.79 Å². The highest BCUT2D eigenvalue weighted by Gasteiger charge is 2.18. The Morgan fingerprint density at radius 3 is 2.60 bits per heavy atom. The summed E-state index contributed by atoms with van der Waals surface area (Å²) < 4.78 is 6.06. The Hall–Kier alpha value is -1.83. The van der Waals surface area contributed by atoms with Crippen molar-refractivity contribution in [1.29, 1.82) is 0 Å². The second kappa shape index (κ2) is 3.73. The molecule has 0 spiro atoms. The number of amides is 1. The summed E-state index contributed by atoms with van der Waals surface area (Å²) in [6.07, 6.45) is 0. The third-order valence-electron chi connectivity index (χ3n) is 2.12. The molecule has 2 rings (SSSR count). The highest BCUT2D eigenvalue weighted by molar-refractivity contribution is 5.76. The number of morpholine rings is 1. The van der Waals surface area contributed by atoms with Crippen LogP contribution < -0.4 is 16.4 Å². The average molecular weight is 212 g/mol. The molecule has 0 unspecified atom stereocenters. The predicted molar refractivity (Wildman–Crippen MR) is 52.4 cm³/mol. The molecule has 0 aromatic carbocycles. The van der Waals surface area contributed by atoms with Gasteiger partial charge in [-0.05, 0) is 0 Å². The maximum atomic E-state index is 10.9. The van der Waals surface area contributed by atoms with Crippen molar-refractivity contribution in [3.05, 3.63) is 0 Å². The molecule has 8 heteroatoms. The lowest BCUT2D eigenvalue weighted by molar-refractivity contribution is 0.122. The van der Waals surface area contributed by atoms with Crippen molar-refractivity contribution in [3.8, 4) is 0 Å². The van der Waals surface area contributed by atoms with Crippen LogP contribution in [0.5, 0.6) is 0 Å². The van der Waals surface area contributed by atoms with Gasteiger partial charge >= 0.3 is 6.03 Å². The Kier molecular flexibility index (Phi) is 2.42. The molecule has 1 aliphatic rings. The summed E-state index contributed by atoms with van der Waals surface area (Å²) in [6.45, 7) is 2.60. The van der Waals surface area contributed by atoms with Crippen LogP contribution in [0.3, 0.4) is 0 Å². The van der Waals surface area contributed by atoms with E-state index in [0.29, 0.717) is 32.3 Å². The van der Waals surface area contributed by atoms with Crippen LogP contribution in [-0.2, 0) is 4.74 Å². The minimum absolute atomic E-state index is 0.00370. The molecule has 1 fully saturated rings. The number of hydrogen-bond donors (Lipinski definition) is 2. The number of nitrogens with two attached hydrogens (primary N) is 2. The first kappa shape index (κ1) is 9.71. The first-order chi connectivity index (χ1) is 7.18. The highest BCUT2D eigenvalue weighted by atomic mass is 16.5. The van der Waals surface area contributed by atoms with Crippen LogP contribution >= 0.6 is 0 Å². The molecule has 82 valence electrons. The van der Waals surface area contributed by atoms with Gasteiger partial charge in [-0.25, -0.2) is 4.79 Å². The molecule has 0 bridgehead atoms. The molecule has 0 radical (unpaired) electrons. The topological polar surface area (TPSA) is 112 Å². The van der Waals surface area contributed by atoms with Crippen LogP contribution in [0.25, 0.3) is 0 Å². The van der Waals surface area contributed by atoms with Crippen molar-refractivity contribution in [1.82, 2.24) is 14.8 Å². The number of nitrogen functional groups attached to an aromatic ring is 1. The Labute approximate surface area is 85.8 Å². The van der Waals surface area contributed by atoms with Crippen molar-refractivity contribution in [3.63, 3.8) is 0 Å². The maximum Gasteiger partial charge on any atom is 0.342 e. The van der Waals surface area contributed by atoms with E-state index in [2.05, 4.69) is 10.1 Å². The predicted octanol–water partition coefficient (Wildman–Crippen LogP) is -1.38. The fourth-order valence-electron chi connectivity index (χ4n) is 1.37. The van der Waals surface area contributed by atoms with Gasteiger partial charge < -0.3 is 21.1 Å². The second-order valence-corrected chi connectivity index (χ2v) is 3.12. The summed E-state index contributed by atoms with van der Waals surface area (Å²) in [6, 6.07) is -0.737. The lowest BCUT2D eigenvalue weighted by Crippen LogP contribution is -2.37. The molecular weight excluding hydrogens is 200 g/mol. The summed E-state index contributed by atoms with van der Waals surface area (Å²) in [5.74, 6) is 0.415. The quantitative estimate of drug-likeness (QED) is 0.593. The van der Waals surface area contributed by atoms with E-state index in [4.69, 9.17) is 16.2 Å². The number of hydrogen-bond acceptors (Lipinski definition) is 6. The van der Waals surface area contributed by atoms with Gasteiger partial charge in [-0.2, -0.15) is 4.98 Å². The number of primary amides is 1. The molecule has 1 saturated heterocycles. The number of rotatable bonds is 1. The lowest BCUT2D eigenvalue weighted by atomic mass is 10.4. The molecule has 0 saturated carbocycles. The largest absolute Gasteiger partial charge is 0.378 e. The van der Waals surface area contributed by atoms with E-state index in [1.54, 1.807) is 0 Å². The highest BCUT2D eigenvalue weighted by Crippen LogP contribution is 2.11. The fraction of sp³-hybridized carbons (Fsp3) is 0.571. The summed E-state index contributed by atoms with van der Waals surface area (Å²) >= 11 is 0. The Morgan fingerprint density at radius 1 is 1.40 bits per heavy atom. The summed E-state index contributed by atoms with van der Waals surface area (Å²) in [4.78, 5) is 16.7. The van der Waals surface area contributed by atoms with E-state index in [0.717, 1.165) is 4.68 Å². The summed E-state index contributed by atoms with van der Waals surface area (Å²) in [7, 11) is 0. The molecule has 1 aromatic rings. The maximum absolute atomic E-state index is 10.9. The van der Waals surface area contributed by atoms with Gasteiger partial charge in [0.05, 0.1) is 13.2 Å². The van der Waals surface area contributed by atoms with Gasteiger partial charge in [-0.3, -0.25) is 0 Å². The van der Waals surface area contributed by atoms with Crippen LogP contribution in [0.2, 0.25) is 0 Å². The minimum Gasteiger partial charge on any atom is -0.378 e. The normalized spacial score (nSPS) is 16.7. The van der Waals surface area contributed by atoms with Gasteiger partial charge in [-0.15, -0.1) is 9.78 Å². The molecule has 1 aliphatic heterocycles. The third-order valence-corrected chi connectivity index (χ3v) is 2.12. The number of nitrogens with zero attached hydrogens (tertiary/aromatic N) is 4. The Balaban J connectivity index is 2.21. The Bertz CT molecular complexity index is 370. The van der Waals surface area contributed by atoms with Gasteiger partial charge in [0, 0.05) is 13.1 Å². The van der Waals surface area contributed by atoms with Crippen molar-refractivity contribution < 1.29 is 9.53 Å². The zero-order valence-corrected chi connectivity index (χ0v) is 8.09. The van der Waals surface area contributed by atoms with Crippen LogP contribution in [0.15, 0.2) is 0 Å². The van der Waals surface area contributed by atoms with Gasteiger partial charge in [0.15, 0.2) is 0 Å². The number of aromatic nitrogens is 3. The van der Waals surface area contributed by atoms with Gasteiger partial charge in [-0.1, -0.05) is 0 Å². The standard InChI is InChI=1S/C7H12N6O2/c8-5-10-7(11-13(5)6(9)14)12-1-3-15-4-2-12/h1-4H2,(H2,9,14)(H2,8,10,11). The SMILES string of the molecule is NC(=O)n1nc(N2CCOCC2)nc1N. The van der Waals surface area contributed by atoms with E-state index in [-0.39, 0.29) is 5.95 Å². The second-order valence-electron chi connectivity index (χ2n) is 3.12. The van der Waals surface area contributed by atoms with Crippen LogP contribution in [0, 0.1) is 0 Å². The summed E-state index contributed by atoms with van der Waals surface area (Å²) in [5, 5.41) is 3.91. The van der Waals surface area contributed by atoms with Crippen LogP contribution in [0.4, 0.5) is 16.7 Å². The third kappa shape index (κ3) is 1.84. The first-order valence-corrected chi connectivity index (χ1v) is 4.53. The zero-order chi connectivity index (χ0) is 10.8. The average Bonchev–Trinajstić information content (AvgIpc) is 2.62. The van der Waals surface area contributed by atoms with E-state index >= 15 is 0 Å². The number of carbonyl (C=O) groups is 1. The monoisotopic (exact) mass is 212 g/mol. The van der Waals surface area contributed by atoms with Crippen molar-refractivity contribution in [2.45, 2.75) is 0 Å². The fourth-order valence-corrected chi connectivity index (χ4v) is 1.37. The van der Waals surface area contributed by atoms with E-state index in [1.165, 1.54) is 0 Å². The van der Waals surface area contributed by atoms with Gasteiger partial charge in [0.2, 0.25) is 11.9 Å².